The maximum atomic E-state index is 8.79. The van der Waals surface area contributed by atoms with Crippen molar-refractivity contribution in [2.75, 3.05) is 0 Å². The number of nitriles is 1. The summed E-state index contributed by atoms with van der Waals surface area (Å²) in [7, 11) is 0. The summed E-state index contributed by atoms with van der Waals surface area (Å²) in [4.78, 5) is 9.56. The Morgan fingerprint density at radius 3 is 2.47 bits per heavy atom. The fraction of sp³-hybridized carbons (Fsp3) is 0.154. The Morgan fingerprint density at radius 1 is 1.18 bits per heavy atom. The van der Waals surface area contributed by atoms with E-state index in [-0.39, 0.29) is 0 Å². The highest BCUT2D eigenvalue weighted by atomic mass is 32.2. The Labute approximate surface area is 105 Å². The summed E-state index contributed by atoms with van der Waals surface area (Å²) in [5.41, 5.74) is 2.79. The van der Waals surface area contributed by atoms with Gasteiger partial charge in [-0.3, -0.25) is 0 Å². The molecule has 0 saturated carbocycles. The van der Waals surface area contributed by atoms with E-state index in [1.807, 2.05) is 32.0 Å². The number of aryl methyl sites for hydroxylation is 2. The van der Waals surface area contributed by atoms with Gasteiger partial charge in [0.1, 0.15) is 0 Å². The molecule has 0 N–H and O–H groups in total. The van der Waals surface area contributed by atoms with Gasteiger partial charge in [0.25, 0.3) is 0 Å². The molecule has 17 heavy (non-hydrogen) atoms. The van der Waals surface area contributed by atoms with E-state index >= 15 is 0 Å². The van der Waals surface area contributed by atoms with E-state index in [4.69, 9.17) is 5.26 Å². The van der Waals surface area contributed by atoms with E-state index in [0.29, 0.717) is 5.56 Å². The van der Waals surface area contributed by atoms with Crippen LogP contribution in [0.15, 0.2) is 40.6 Å². The van der Waals surface area contributed by atoms with Gasteiger partial charge in [0.2, 0.25) is 0 Å². The van der Waals surface area contributed by atoms with Crippen LogP contribution in [0.25, 0.3) is 0 Å². The summed E-state index contributed by atoms with van der Waals surface area (Å²) in [6, 6.07) is 7.74. The van der Waals surface area contributed by atoms with Gasteiger partial charge in [0.05, 0.1) is 11.6 Å². The molecule has 1 heterocycles. The molecule has 0 aliphatic heterocycles. The van der Waals surface area contributed by atoms with Crippen molar-refractivity contribution < 1.29 is 0 Å². The minimum absolute atomic E-state index is 0.677. The van der Waals surface area contributed by atoms with Crippen LogP contribution in [-0.2, 0) is 0 Å². The van der Waals surface area contributed by atoms with Gasteiger partial charge in [0, 0.05) is 17.3 Å². The van der Waals surface area contributed by atoms with Crippen molar-refractivity contribution in [1.82, 2.24) is 9.97 Å². The first-order valence-electron chi connectivity index (χ1n) is 5.16. The topological polar surface area (TPSA) is 49.6 Å². The minimum atomic E-state index is 0.677. The molecule has 0 bridgehead atoms. The van der Waals surface area contributed by atoms with Gasteiger partial charge in [0.15, 0.2) is 5.16 Å². The predicted molar refractivity (Wildman–Crippen MR) is 66.8 cm³/mol. The van der Waals surface area contributed by atoms with E-state index < -0.39 is 0 Å². The first-order chi connectivity index (χ1) is 8.19. The maximum absolute atomic E-state index is 8.79. The van der Waals surface area contributed by atoms with Crippen LogP contribution in [0.3, 0.4) is 0 Å². The lowest BCUT2D eigenvalue weighted by atomic mass is 10.2. The van der Waals surface area contributed by atoms with Crippen molar-refractivity contribution in [2.24, 2.45) is 0 Å². The monoisotopic (exact) mass is 241 g/mol. The van der Waals surface area contributed by atoms with Gasteiger partial charge >= 0.3 is 0 Å². The molecule has 84 valence electrons. The lowest BCUT2D eigenvalue weighted by molar-refractivity contribution is 0.949. The van der Waals surface area contributed by atoms with Gasteiger partial charge in [-0.2, -0.15) is 5.26 Å². The minimum Gasteiger partial charge on any atom is -0.231 e. The second-order valence-electron chi connectivity index (χ2n) is 3.74. The van der Waals surface area contributed by atoms with Crippen LogP contribution in [0.5, 0.6) is 0 Å². The summed E-state index contributed by atoms with van der Waals surface area (Å²) in [6.07, 6.45) is 3.60. The molecule has 0 fully saturated rings. The van der Waals surface area contributed by atoms with Gasteiger partial charge in [-0.05, 0) is 54.9 Å². The first-order valence-corrected chi connectivity index (χ1v) is 5.98. The van der Waals surface area contributed by atoms with Crippen molar-refractivity contribution in [3.05, 3.63) is 47.3 Å². The third kappa shape index (κ3) is 2.83. The second-order valence-corrected chi connectivity index (χ2v) is 4.75. The largest absolute Gasteiger partial charge is 0.231 e. The molecule has 1 aromatic carbocycles. The summed E-state index contributed by atoms with van der Waals surface area (Å²) in [5.74, 6) is 0. The number of aromatic nitrogens is 2. The molecule has 3 nitrogen and oxygen atoms in total. The zero-order valence-corrected chi connectivity index (χ0v) is 10.5. The maximum Gasteiger partial charge on any atom is 0.192 e. The van der Waals surface area contributed by atoms with Crippen molar-refractivity contribution in [3.63, 3.8) is 0 Å². The van der Waals surface area contributed by atoms with E-state index in [9.17, 15) is 0 Å². The van der Waals surface area contributed by atoms with Crippen LogP contribution >= 0.6 is 11.8 Å². The zero-order chi connectivity index (χ0) is 12.3. The first kappa shape index (κ1) is 11.6. The third-order valence-electron chi connectivity index (χ3n) is 2.26. The molecular formula is C13H11N3S. The van der Waals surface area contributed by atoms with Crippen molar-refractivity contribution >= 4 is 11.8 Å². The van der Waals surface area contributed by atoms with Crippen molar-refractivity contribution in [1.29, 1.82) is 5.26 Å². The van der Waals surface area contributed by atoms with Gasteiger partial charge < -0.3 is 0 Å². The Hall–Kier alpha value is -1.86. The van der Waals surface area contributed by atoms with E-state index in [2.05, 4.69) is 16.0 Å². The van der Waals surface area contributed by atoms with Crippen LogP contribution in [0.1, 0.15) is 16.7 Å². The molecule has 0 unspecified atom stereocenters. The Balaban J connectivity index is 2.25. The highest BCUT2D eigenvalue weighted by Gasteiger charge is 2.04. The molecule has 0 atom stereocenters. The lowest BCUT2D eigenvalue weighted by Crippen LogP contribution is -1.88. The molecule has 1 aromatic heterocycles. The molecule has 0 saturated heterocycles. The van der Waals surface area contributed by atoms with Crippen LogP contribution in [0.2, 0.25) is 0 Å². The lowest BCUT2D eigenvalue weighted by Gasteiger charge is -2.04. The Bertz CT molecular complexity index is 570. The molecule has 4 heteroatoms. The molecule has 0 radical (unpaired) electrons. The summed E-state index contributed by atoms with van der Waals surface area (Å²) >= 11 is 1.51. The molecule has 0 aliphatic rings. The number of benzene rings is 1. The van der Waals surface area contributed by atoms with E-state index in [0.717, 1.165) is 21.2 Å². The Morgan fingerprint density at radius 2 is 1.88 bits per heavy atom. The normalized spacial score (nSPS) is 9.94. The molecule has 2 aromatic rings. The zero-order valence-electron chi connectivity index (χ0n) is 9.64. The number of rotatable bonds is 2. The third-order valence-corrected chi connectivity index (χ3v) is 3.33. The molecule has 2 rings (SSSR count). The fourth-order valence-corrected chi connectivity index (χ4v) is 2.13. The van der Waals surface area contributed by atoms with Crippen molar-refractivity contribution in [3.8, 4) is 6.07 Å². The second kappa shape index (κ2) is 4.98. The highest BCUT2D eigenvalue weighted by Crippen LogP contribution is 2.27. The van der Waals surface area contributed by atoms with Crippen LogP contribution in [0.4, 0.5) is 0 Å². The van der Waals surface area contributed by atoms with Crippen LogP contribution in [-0.4, -0.2) is 9.97 Å². The van der Waals surface area contributed by atoms with Gasteiger partial charge in [-0.15, -0.1) is 0 Å². The van der Waals surface area contributed by atoms with Gasteiger partial charge in [-0.1, -0.05) is 0 Å². The fourth-order valence-electron chi connectivity index (χ4n) is 1.37. The molecule has 0 amide bonds. The number of hydrogen-bond donors (Lipinski definition) is 0. The quantitative estimate of drug-likeness (QED) is 0.758. The summed E-state index contributed by atoms with van der Waals surface area (Å²) in [6.45, 7) is 3.94. The smallest absolute Gasteiger partial charge is 0.192 e. The molecular weight excluding hydrogens is 230 g/mol. The molecule has 0 aliphatic carbocycles. The van der Waals surface area contributed by atoms with E-state index in [1.165, 1.54) is 11.8 Å². The average Bonchev–Trinajstić information content (AvgIpc) is 2.34. The summed E-state index contributed by atoms with van der Waals surface area (Å²) in [5, 5.41) is 9.52. The predicted octanol–water partition coefficient (Wildman–Crippen LogP) is 3.12. The summed E-state index contributed by atoms with van der Waals surface area (Å²) < 4.78 is 0. The number of hydrogen-bond acceptors (Lipinski definition) is 4. The Kier molecular flexibility index (Phi) is 3.40. The average molecular weight is 241 g/mol. The van der Waals surface area contributed by atoms with E-state index in [1.54, 1.807) is 12.4 Å². The number of nitrogens with zero attached hydrogens (tertiary/aromatic N) is 3. The standard InChI is InChI=1S/C13H11N3S/c1-9-7-15-13(16-8-9)17-12-4-3-11(6-14)5-10(12)2/h3-5,7-8H,1-2H3. The molecule has 0 spiro atoms. The SMILES string of the molecule is Cc1cnc(Sc2ccc(C#N)cc2C)nc1. The van der Waals surface area contributed by atoms with Gasteiger partial charge in [-0.25, -0.2) is 9.97 Å². The highest BCUT2D eigenvalue weighted by molar-refractivity contribution is 7.99. The van der Waals surface area contributed by atoms with Crippen LogP contribution < -0.4 is 0 Å². The van der Waals surface area contributed by atoms with Crippen LogP contribution in [0, 0.1) is 25.2 Å². The van der Waals surface area contributed by atoms with Crippen molar-refractivity contribution in [2.45, 2.75) is 23.9 Å².